The summed E-state index contributed by atoms with van der Waals surface area (Å²) in [6, 6.07) is 13.2. The van der Waals surface area contributed by atoms with Crippen molar-refractivity contribution in [2.75, 3.05) is 23.8 Å². The first-order chi connectivity index (χ1) is 16.1. The van der Waals surface area contributed by atoms with Crippen LogP contribution in [-0.4, -0.2) is 38.9 Å². The summed E-state index contributed by atoms with van der Waals surface area (Å²) in [6.07, 6.45) is 4.24. The summed E-state index contributed by atoms with van der Waals surface area (Å²) in [5.74, 6) is 0.0392. The molecule has 3 aromatic heterocycles. The number of H-pyrrole nitrogens is 1. The SMILES string of the molecule is CCCNc1ccc(Nc2nc(-c3ccnn3CC(=O)OCC)cc3cc[nH]c(=O)c23)cc1. The van der Waals surface area contributed by atoms with Crippen molar-refractivity contribution < 1.29 is 9.53 Å². The van der Waals surface area contributed by atoms with Gasteiger partial charge in [0.1, 0.15) is 12.4 Å². The number of aromatic nitrogens is 4. The van der Waals surface area contributed by atoms with Crippen LogP contribution in [0, 0.1) is 0 Å². The summed E-state index contributed by atoms with van der Waals surface area (Å²) in [5, 5.41) is 12.0. The number of aromatic amines is 1. The summed E-state index contributed by atoms with van der Waals surface area (Å²) in [7, 11) is 0. The van der Waals surface area contributed by atoms with Crippen molar-refractivity contribution in [1.29, 1.82) is 0 Å². The van der Waals surface area contributed by atoms with Crippen molar-refractivity contribution in [2.24, 2.45) is 0 Å². The molecule has 0 atom stereocenters. The molecule has 3 heterocycles. The van der Waals surface area contributed by atoms with Crippen molar-refractivity contribution in [1.82, 2.24) is 19.7 Å². The maximum atomic E-state index is 12.6. The molecule has 0 radical (unpaired) electrons. The maximum Gasteiger partial charge on any atom is 0.327 e. The zero-order valence-corrected chi connectivity index (χ0v) is 18.6. The first-order valence-corrected chi connectivity index (χ1v) is 10.9. The molecule has 3 N–H and O–H groups in total. The zero-order chi connectivity index (χ0) is 23.2. The van der Waals surface area contributed by atoms with Gasteiger partial charge in [-0.05, 0) is 61.2 Å². The Bertz CT molecular complexity index is 1310. The van der Waals surface area contributed by atoms with Gasteiger partial charge in [-0.1, -0.05) is 6.92 Å². The summed E-state index contributed by atoms with van der Waals surface area (Å²) in [5.41, 5.74) is 2.81. The smallest absolute Gasteiger partial charge is 0.327 e. The second kappa shape index (κ2) is 9.99. The monoisotopic (exact) mass is 446 g/mol. The molecule has 0 aliphatic rings. The fourth-order valence-electron chi connectivity index (χ4n) is 3.52. The summed E-state index contributed by atoms with van der Waals surface area (Å²) >= 11 is 0. The average molecular weight is 447 g/mol. The number of hydrogen-bond donors (Lipinski definition) is 3. The molecule has 0 aliphatic heterocycles. The number of nitrogens with zero attached hydrogens (tertiary/aromatic N) is 3. The van der Waals surface area contributed by atoms with Gasteiger partial charge in [-0.15, -0.1) is 0 Å². The Labute approximate surface area is 190 Å². The third-order valence-corrected chi connectivity index (χ3v) is 5.04. The molecule has 0 unspecified atom stereocenters. The molecule has 0 aliphatic carbocycles. The highest BCUT2D eigenvalue weighted by Crippen LogP contribution is 2.28. The molecular formula is C24H26N6O3. The molecule has 9 heteroatoms. The fraction of sp³-hybridized carbons (Fsp3) is 0.250. The fourth-order valence-corrected chi connectivity index (χ4v) is 3.52. The van der Waals surface area contributed by atoms with Gasteiger partial charge in [0.15, 0.2) is 0 Å². The number of nitrogens with one attached hydrogen (secondary N) is 3. The minimum absolute atomic E-state index is 0.0275. The lowest BCUT2D eigenvalue weighted by Crippen LogP contribution is -2.15. The molecule has 4 rings (SSSR count). The molecule has 1 aromatic carbocycles. The van der Waals surface area contributed by atoms with E-state index in [2.05, 4.69) is 27.6 Å². The van der Waals surface area contributed by atoms with E-state index in [1.165, 1.54) is 4.68 Å². The van der Waals surface area contributed by atoms with E-state index in [1.54, 1.807) is 25.4 Å². The van der Waals surface area contributed by atoms with E-state index in [0.29, 0.717) is 29.2 Å². The summed E-state index contributed by atoms with van der Waals surface area (Å²) < 4.78 is 6.58. The molecule has 0 bridgehead atoms. The van der Waals surface area contributed by atoms with Crippen LogP contribution in [0.4, 0.5) is 17.2 Å². The average Bonchev–Trinajstić information content (AvgIpc) is 3.26. The van der Waals surface area contributed by atoms with Crippen LogP contribution < -0.4 is 16.2 Å². The lowest BCUT2D eigenvalue weighted by Gasteiger charge is -2.13. The summed E-state index contributed by atoms with van der Waals surface area (Å²) in [4.78, 5) is 32.0. The Morgan fingerprint density at radius 1 is 1.12 bits per heavy atom. The van der Waals surface area contributed by atoms with Gasteiger partial charge in [-0.3, -0.25) is 14.3 Å². The van der Waals surface area contributed by atoms with Crippen LogP contribution in [0.5, 0.6) is 0 Å². The van der Waals surface area contributed by atoms with Crippen molar-refractivity contribution in [3.05, 3.63) is 65.2 Å². The number of fused-ring (bicyclic) bond motifs is 1. The van der Waals surface area contributed by atoms with Crippen LogP contribution in [0.2, 0.25) is 0 Å². The highest BCUT2D eigenvalue weighted by Gasteiger charge is 2.16. The highest BCUT2D eigenvalue weighted by molar-refractivity contribution is 5.95. The predicted octanol–water partition coefficient (Wildman–Crippen LogP) is 3.92. The molecule has 0 fully saturated rings. The van der Waals surface area contributed by atoms with Gasteiger partial charge in [0, 0.05) is 30.3 Å². The third kappa shape index (κ3) is 5.03. The molecular weight excluding hydrogens is 420 g/mol. The van der Waals surface area contributed by atoms with E-state index >= 15 is 0 Å². The van der Waals surface area contributed by atoms with Crippen molar-refractivity contribution >= 4 is 33.9 Å². The lowest BCUT2D eigenvalue weighted by molar-refractivity contribution is -0.144. The van der Waals surface area contributed by atoms with Gasteiger partial charge in [0.2, 0.25) is 0 Å². The first kappa shape index (κ1) is 22.1. The van der Waals surface area contributed by atoms with Crippen LogP contribution in [-0.2, 0) is 16.1 Å². The summed E-state index contributed by atoms with van der Waals surface area (Å²) in [6.45, 7) is 5.04. The largest absolute Gasteiger partial charge is 0.465 e. The van der Waals surface area contributed by atoms with E-state index in [1.807, 2.05) is 36.4 Å². The van der Waals surface area contributed by atoms with Crippen LogP contribution in [0.3, 0.4) is 0 Å². The van der Waals surface area contributed by atoms with E-state index in [9.17, 15) is 9.59 Å². The molecule has 9 nitrogen and oxygen atoms in total. The standard InChI is InChI=1S/C24H26N6O3/c1-3-11-25-17-5-7-18(8-6-17)28-23-22-16(9-12-26-24(22)32)14-19(29-23)20-10-13-27-30(20)15-21(31)33-4-2/h5-10,12-14,25H,3-4,11,15H2,1-2H3,(H,26,32)(H,28,29). The van der Waals surface area contributed by atoms with Crippen molar-refractivity contribution in [2.45, 2.75) is 26.8 Å². The van der Waals surface area contributed by atoms with Crippen molar-refractivity contribution in [3.63, 3.8) is 0 Å². The number of carbonyl (C=O) groups is 1. The molecule has 0 saturated carbocycles. The Kier molecular flexibility index (Phi) is 6.68. The number of pyridine rings is 2. The Balaban J connectivity index is 1.72. The number of rotatable bonds is 9. The number of hydrogen-bond acceptors (Lipinski definition) is 7. The first-order valence-electron chi connectivity index (χ1n) is 10.9. The van der Waals surface area contributed by atoms with Gasteiger partial charge in [0.25, 0.3) is 5.56 Å². The van der Waals surface area contributed by atoms with Gasteiger partial charge in [-0.25, -0.2) is 4.98 Å². The molecule has 0 spiro atoms. The van der Waals surface area contributed by atoms with E-state index < -0.39 is 0 Å². The lowest BCUT2D eigenvalue weighted by atomic mass is 10.1. The molecule has 0 amide bonds. The number of carbonyl (C=O) groups excluding carboxylic acids is 1. The van der Waals surface area contributed by atoms with Gasteiger partial charge in [0.05, 0.1) is 23.4 Å². The molecule has 4 aromatic rings. The van der Waals surface area contributed by atoms with Crippen LogP contribution in [0.1, 0.15) is 20.3 Å². The van der Waals surface area contributed by atoms with Crippen LogP contribution in [0.15, 0.2) is 59.7 Å². The van der Waals surface area contributed by atoms with Gasteiger partial charge < -0.3 is 20.4 Å². The van der Waals surface area contributed by atoms with Crippen LogP contribution in [0.25, 0.3) is 22.2 Å². The Morgan fingerprint density at radius 3 is 2.67 bits per heavy atom. The Hall–Kier alpha value is -4.14. The zero-order valence-electron chi connectivity index (χ0n) is 18.6. The van der Waals surface area contributed by atoms with Crippen LogP contribution >= 0.6 is 0 Å². The third-order valence-electron chi connectivity index (χ3n) is 5.04. The number of benzene rings is 1. The molecule has 33 heavy (non-hydrogen) atoms. The van der Waals surface area contributed by atoms with E-state index in [0.717, 1.165) is 29.7 Å². The predicted molar refractivity (Wildman–Crippen MR) is 129 cm³/mol. The topological polar surface area (TPSA) is 114 Å². The second-order valence-electron chi connectivity index (χ2n) is 7.44. The minimum Gasteiger partial charge on any atom is -0.465 e. The second-order valence-corrected chi connectivity index (χ2v) is 7.44. The van der Waals surface area contributed by atoms with E-state index in [4.69, 9.17) is 9.72 Å². The van der Waals surface area contributed by atoms with Crippen molar-refractivity contribution in [3.8, 4) is 11.4 Å². The molecule has 0 saturated heterocycles. The van der Waals surface area contributed by atoms with E-state index in [-0.39, 0.29) is 18.1 Å². The van der Waals surface area contributed by atoms with Gasteiger partial charge >= 0.3 is 5.97 Å². The normalized spacial score (nSPS) is 10.8. The highest BCUT2D eigenvalue weighted by atomic mass is 16.5. The number of esters is 1. The van der Waals surface area contributed by atoms with Gasteiger partial charge in [-0.2, -0.15) is 5.10 Å². The Morgan fingerprint density at radius 2 is 1.91 bits per heavy atom. The maximum absolute atomic E-state index is 12.6. The number of ether oxygens (including phenoxy) is 1. The molecule has 170 valence electrons. The minimum atomic E-state index is -0.380. The quantitative estimate of drug-likeness (QED) is 0.334. The number of anilines is 3.